The number of carboxylic acid groups (broad SMARTS) is 1. The molecule has 0 radical (unpaired) electrons. The topological polar surface area (TPSA) is 283 Å². The van der Waals surface area contributed by atoms with Crippen molar-refractivity contribution in [2.24, 2.45) is 22.9 Å². The molecule has 4 unspecified atom stereocenters. The second kappa shape index (κ2) is 14.7. The molecule has 0 heterocycles. The van der Waals surface area contributed by atoms with Gasteiger partial charge in [0.1, 0.15) is 24.2 Å². The molecule has 0 saturated heterocycles. The highest BCUT2D eigenvalue weighted by atomic mass is 16.4. The van der Waals surface area contributed by atoms with E-state index in [1.165, 1.54) is 0 Å². The minimum absolute atomic E-state index is 0.0505. The van der Waals surface area contributed by atoms with Crippen molar-refractivity contribution in [2.45, 2.75) is 56.3 Å². The fourth-order valence-corrected chi connectivity index (χ4v) is 2.48. The number of nitrogens with two attached hydrogens (primary N) is 4. The Morgan fingerprint density at radius 2 is 1.19 bits per heavy atom. The molecule has 0 aromatic carbocycles. The number of amides is 5. The van der Waals surface area contributed by atoms with Gasteiger partial charge in [-0.2, -0.15) is 0 Å². The SMILES string of the molecule is NCCCCC(NC(=O)C(CC(N)=O)NC(=O)C(CC(N)=O)NC(=O)C(N)CO)C(=O)O. The van der Waals surface area contributed by atoms with Crippen molar-refractivity contribution in [1.82, 2.24) is 16.0 Å². The first-order chi connectivity index (χ1) is 14.9. The van der Waals surface area contributed by atoms with Crippen LogP contribution in [0.4, 0.5) is 0 Å². The number of hydrogen-bond donors (Lipinski definition) is 9. The number of aliphatic hydroxyl groups excluding tert-OH is 1. The van der Waals surface area contributed by atoms with Gasteiger partial charge in [0, 0.05) is 0 Å². The van der Waals surface area contributed by atoms with Crippen molar-refractivity contribution < 1.29 is 39.0 Å². The van der Waals surface area contributed by atoms with Gasteiger partial charge in [-0.1, -0.05) is 0 Å². The summed E-state index contributed by atoms with van der Waals surface area (Å²) < 4.78 is 0. The van der Waals surface area contributed by atoms with Crippen LogP contribution in [0.25, 0.3) is 0 Å². The largest absolute Gasteiger partial charge is 0.480 e. The minimum atomic E-state index is -1.60. The molecule has 0 rings (SSSR count). The molecule has 5 amide bonds. The van der Waals surface area contributed by atoms with E-state index in [1.54, 1.807) is 0 Å². The zero-order valence-corrected chi connectivity index (χ0v) is 17.4. The molecule has 15 heteroatoms. The smallest absolute Gasteiger partial charge is 0.326 e. The molecule has 0 aliphatic carbocycles. The molecular weight excluding hydrogens is 430 g/mol. The summed E-state index contributed by atoms with van der Waals surface area (Å²) in [5.41, 5.74) is 20.9. The van der Waals surface area contributed by atoms with Gasteiger partial charge in [0.25, 0.3) is 0 Å². The van der Waals surface area contributed by atoms with Crippen LogP contribution in [-0.4, -0.2) is 83.0 Å². The third-order valence-electron chi connectivity index (χ3n) is 4.17. The number of carbonyl (C=O) groups excluding carboxylic acids is 5. The van der Waals surface area contributed by atoms with Crippen molar-refractivity contribution in [1.29, 1.82) is 0 Å². The van der Waals surface area contributed by atoms with E-state index in [0.29, 0.717) is 19.4 Å². The Kier molecular flexibility index (Phi) is 13.1. The first kappa shape index (κ1) is 28.7. The van der Waals surface area contributed by atoms with Crippen molar-refractivity contribution in [3.8, 4) is 0 Å². The van der Waals surface area contributed by atoms with Crippen molar-refractivity contribution >= 4 is 35.5 Å². The molecule has 0 aliphatic heterocycles. The van der Waals surface area contributed by atoms with Crippen LogP contribution in [-0.2, 0) is 28.8 Å². The number of carboxylic acids is 1. The fraction of sp³-hybridized carbons (Fsp3) is 0.647. The van der Waals surface area contributed by atoms with Crippen LogP contribution in [0.15, 0.2) is 0 Å². The van der Waals surface area contributed by atoms with Crippen LogP contribution < -0.4 is 38.9 Å². The lowest BCUT2D eigenvalue weighted by Gasteiger charge is -2.24. The number of aliphatic hydroxyl groups is 1. The highest BCUT2D eigenvalue weighted by molar-refractivity contribution is 5.97. The highest BCUT2D eigenvalue weighted by Gasteiger charge is 2.31. The Morgan fingerprint density at radius 3 is 1.56 bits per heavy atom. The third kappa shape index (κ3) is 11.2. The fourth-order valence-electron chi connectivity index (χ4n) is 2.48. The Hall–Kier alpha value is -3.30. The Labute approximate surface area is 183 Å². The number of primary amides is 2. The van der Waals surface area contributed by atoms with Gasteiger partial charge in [-0.05, 0) is 25.8 Å². The molecule has 4 atom stereocenters. The summed E-state index contributed by atoms with van der Waals surface area (Å²) in [7, 11) is 0. The van der Waals surface area contributed by atoms with E-state index in [9.17, 15) is 33.9 Å². The number of nitrogens with one attached hydrogen (secondary N) is 3. The lowest BCUT2D eigenvalue weighted by molar-refractivity contribution is -0.142. The van der Waals surface area contributed by atoms with Gasteiger partial charge in [0.15, 0.2) is 0 Å². The molecule has 182 valence electrons. The first-order valence-corrected chi connectivity index (χ1v) is 9.69. The third-order valence-corrected chi connectivity index (χ3v) is 4.17. The van der Waals surface area contributed by atoms with Crippen LogP contribution in [0.2, 0.25) is 0 Å². The molecule has 0 aromatic heterocycles. The van der Waals surface area contributed by atoms with Gasteiger partial charge < -0.3 is 49.1 Å². The van der Waals surface area contributed by atoms with Gasteiger partial charge in [-0.3, -0.25) is 24.0 Å². The average molecular weight is 461 g/mol. The van der Waals surface area contributed by atoms with Crippen LogP contribution in [0.3, 0.4) is 0 Å². The van der Waals surface area contributed by atoms with Crippen molar-refractivity contribution in [2.75, 3.05) is 13.2 Å². The Balaban J connectivity index is 5.44. The van der Waals surface area contributed by atoms with Crippen LogP contribution in [0.5, 0.6) is 0 Å². The summed E-state index contributed by atoms with van der Waals surface area (Å²) in [6.45, 7) is -0.419. The van der Waals surface area contributed by atoms with Crippen LogP contribution in [0.1, 0.15) is 32.1 Å². The van der Waals surface area contributed by atoms with Gasteiger partial charge in [0.2, 0.25) is 29.5 Å². The Morgan fingerprint density at radius 1 is 0.750 bits per heavy atom. The molecule has 0 fully saturated rings. The zero-order valence-electron chi connectivity index (χ0n) is 17.4. The summed E-state index contributed by atoms with van der Waals surface area (Å²) in [6.07, 6.45) is -0.406. The van der Waals surface area contributed by atoms with E-state index in [4.69, 9.17) is 28.0 Å². The number of aliphatic carboxylic acids is 1. The lowest BCUT2D eigenvalue weighted by Crippen LogP contribution is -2.58. The predicted molar refractivity (Wildman–Crippen MR) is 109 cm³/mol. The number of carbonyl (C=O) groups is 6. The molecule has 0 spiro atoms. The van der Waals surface area contributed by atoms with E-state index >= 15 is 0 Å². The maximum Gasteiger partial charge on any atom is 0.326 e. The lowest BCUT2D eigenvalue weighted by atomic mass is 10.1. The molecule has 0 aromatic rings. The molecule has 0 bridgehead atoms. The molecule has 32 heavy (non-hydrogen) atoms. The zero-order chi connectivity index (χ0) is 24.8. The molecular formula is C17H31N7O8. The molecule has 13 N–H and O–H groups in total. The Bertz CT molecular complexity index is 702. The number of hydrogen-bond acceptors (Lipinski definition) is 9. The molecule has 0 aliphatic rings. The van der Waals surface area contributed by atoms with E-state index < -0.39 is 79.1 Å². The normalized spacial score (nSPS) is 14.3. The van der Waals surface area contributed by atoms with Crippen molar-refractivity contribution in [3.05, 3.63) is 0 Å². The van der Waals surface area contributed by atoms with Crippen LogP contribution in [0, 0.1) is 0 Å². The second-order valence-corrected chi connectivity index (χ2v) is 6.94. The van der Waals surface area contributed by atoms with E-state index in [0.717, 1.165) is 0 Å². The number of rotatable bonds is 16. The average Bonchev–Trinajstić information content (AvgIpc) is 2.70. The summed E-state index contributed by atoms with van der Waals surface area (Å²) in [4.78, 5) is 70.9. The van der Waals surface area contributed by atoms with Gasteiger partial charge >= 0.3 is 5.97 Å². The monoisotopic (exact) mass is 461 g/mol. The van der Waals surface area contributed by atoms with Gasteiger partial charge in [-0.25, -0.2) is 4.79 Å². The molecule has 15 nitrogen and oxygen atoms in total. The van der Waals surface area contributed by atoms with E-state index in [-0.39, 0.29) is 6.42 Å². The predicted octanol–water partition coefficient (Wildman–Crippen LogP) is -5.28. The van der Waals surface area contributed by atoms with E-state index in [1.807, 2.05) is 0 Å². The quantitative estimate of drug-likeness (QED) is 0.0983. The van der Waals surface area contributed by atoms with Crippen LogP contribution >= 0.6 is 0 Å². The van der Waals surface area contributed by atoms with Crippen molar-refractivity contribution in [3.63, 3.8) is 0 Å². The van der Waals surface area contributed by atoms with Gasteiger partial charge in [0.05, 0.1) is 19.4 Å². The highest BCUT2D eigenvalue weighted by Crippen LogP contribution is 2.04. The standard InChI is InChI=1S/C17H31N7O8/c18-4-2-1-3-9(17(31)32)22-15(29)11(6-13(21)27)24-16(30)10(5-12(20)26)23-14(28)8(19)7-25/h8-11,25H,1-7,18-19H2,(H2,20,26)(H2,21,27)(H,22,29)(H,23,28)(H,24,30)(H,31,32). The van der Waals surface area contributed by atoms with E-state index in [2.05, 4.69) is 16.0 Å². The first-order valence-electron chi connectivity index (χ1n) is 9.69. The summed E-state index contributed by atoms with van der Waals surface area (Å²) >= 11 is 0. The maximum absolute atomic E-state index is 12.6. The summed E-state index contributed by atoms with van der Waals surface area (Å²) in [6, 6.07) is -5.89. The number of unbranched alkanes of at least 4 members (excludes halogenated alkanes) is 1. The molecule has 0 saturated carbocycles. The second-order valence-electron chi connectivity index (χ2n) is 6.94. The summed E-state index contributed by atoms with van der Waals surface area (Å²) in [5.74, 6) is -6.39. The summed E-state index contributed by atoms with van der Waals surface area (Å²) in [5, 5.41) is 24.6. The maximum atomic E-state index is 12.6. The minimum Gasteiger partial charge on any atom is -0.480 e. The van der Waals surface area contributed by atoms with Gasteiger partial charge in [-0.15, -0.1) is 0 Å².